The van der Waals surface area contributed by atoms with Crippen LogP contribution in [0.15, 0.2) is 0 Å². The molecule has 1 amide bonds. The van der Waals surface area contributed by atoms with E-state index in [1.807, 2.05) is 6.92 Å². The molecule has 1 aliphatic carbocycles. The lowest BCUT2D eigenvalue weighted by Crippen LogP contribution is -2.44. The SMILES string of the molecule is C[C@@H]1CC[C@H](C(=O)N[C@H]2CCC[C@@H]2C(=O)O)O1. The summed E-state index contributed by atoms with van der Waals surface area (Å²) in [5, 5.41) is 11.8. The Labute approximate surface area is 101 Å². The van der Waals surface area contributed by atoms with Crippen molar-refractivity contribution in [3.8, 4) is 0 Å². The standard InChI is InChI=1S/C12H19NO4/c1-7-5-6-10(17-7)11(14)13-9-4-2-3-8(9)12(15)16/h7-10H,2-6H2,1H3,(H,13,14)(H,15,16)/t7-,8+,9+,10-/m1/s1. The van der Waals surface area contributed by atoms with Gasteiger partial charge in [-0.25, -0.2) is 0 Å². The van der Waals surface area contributed by atoms with E-state index in [0.29, 0.717) is 6.42 Å². The summed E-state index contributed by atoms with van der Waals surface area (Å²) in [6.45, 7) is 1.95. The third kappa shape index (κ3) is 2.77. The Hall–Kier alpha value is -1.10. The van der Waals surface area contributed by atoms with Crippen molar-refractivity contribution in [2.45, 2.75) is 57.3 Å². The van der Waals surface area contributed by atoms with Crippen molar-refractivity contribution in [2.75, 3.05) is 0 Å². The van der Waals surface area contributed by atoms with E-state index < -0.39 is 11.9 Å². The van der Waals surface area contributed by atoms with Crippen LogP contribution in [0, 0.1) is 5.92 Å². The summed E-state index contributed by atoms with van der Waals surface area (Å²) in [6.07, 6.45) is 3.64. The lowest BCUT2D eigenvalue weighted by Gasteiger charge is -2.20. The molecule has 5 nitrogen and oxygen atoms in total. The molecule has 1 heterocycles. The Kier molecular flexibility index (Phi) is 3.66. The Morgan fingerprint density at radius 3 is 2.59 bits per heavy atom. The van der Waals surface area contributed by atoms with Gasteiger partial charge in [0.25, 0.3) is 0 Å². The largest absolute Gasteiger partial charge is 0.481 e. The quantitative estimate of drug-likeness (QED) is 0.770. The maximum Gasteiger partial charge on any atom is 0.308 e. The van der Waals surface area contributed by atoms with Gasteiger partial charge in [-0.2, -0.15) is 0 Å². The van der Waals surface area contributed by atoms with Crippen molar-refractivity contribution < 1.29 is 19.4 Å². The number of carboxylic acids is 1. The lowest BCUT2D eigenvalue weighted by molar-refractivity contribution is -0.142. The van der Waals surface area contributed by atoms with Crippen LogP contribution >= 0.6 is 0 Å². The number of rotatable bonds is 3. The van der Waals surface area contributed by atoms with Gasteiger partial charge >= 0.3 is 5.97 Å². The van der Waals surface area contributed by atoms with E-state index in [4.69, 9.17) is 9.84 Å². The molecular weight excluding hydrogens is 222 g/mol. The molecule has 0 spiro atoms. The van der Waals surface area contributed by atoms with Gasteiger partial charge in [0, 0.05) is 6.04 Å². The molecule has 17 heavy (non-hydrogen) atoms. The fourth-order valence-electron chi connectivity index (χ4n) is 2.70. The molecule has 0 aromatic carbocycles. The summed E-state index contributed by atoms with van der Waals surface area (Å²) in [5.74, 6) is -1.39. The van der Waals surface area contributed by atoms with Gasteiger partial charge in [0.05, 0.1) is 12.0 Å². The molecule has 0 aromatic heterocycles. The molecule has 0 aromatic rings. The van der Waals surface area contributed by atoms with Crippen molar-refractivity contribution in [2.24, 2.45) is 5.92 Å². The van der Waals surface area contributed by atoms with E-state index in [0.717, 1.165) is 25.7 Å². The number of carbonyl (C=O) groups is 2. The summed E-state index contributed by atoms with van der Waals surface area (Å²) in [5.41, 5.74) is 0. The highest BCUT2D eigenvalue weighted by atomic mass is 16.5. The number of ether oxygens (including phenoxy) is 1. The number of hydrogen-bond acceptors (Lipinski definition) is 3. The fraction of sp³-hybridized carbons (Fsp3) is 0.833. The average molecular weight is 241 g/mol. The molecule has 1 aliphatic heterocycles. The van der Waals surface area contributed by atoms with E-state index in [1.54, 1.807) is 0 Å². The molecule has 2 rings (SSSR count). The van der Waals surface area contributed by atoms with Gasteiger partial charge in [0.2, 0.25) is 5.91 Å². The maximum absolute atomic E-state index is 11.9. The number of hydrogen-bond donors (Lipinski definition) is 2. The summed E-state index contributed by atoms with van der Waals surface area (Å²) in [6, 6.07) is -0.223. The van der Waals surface area contributed by atoms with Gasteiger partial charge in [0.1, 0.15) is 6.10 Å². The first kappa shape index (κ1) is 12.4. The number of aliphatic carboxylic acids is 1. The highest BCUT2D eigenvalue weighted by Crippen LogP contribution is 2.27. The first-order chi connectivity index (χ1) is 8.08. The van der Waals surface area contributed by atoms with E-state index in [2.05, 4.69) is 5.32 Å². The zero-order chi connectivity index (χ0) is 12.4. The zero-order valence-corrected chi connectivity index (χ0v) is 10.0. The van der Waals surface area contributed by atoms with Crippen LogP contribution in [0.25, 0.3) is 0 Å². The minimum atomic E-state index is -0.812. The van der Waals surface area contributed by atoms with Gasteiger partial charge in [-0.05, 0) is 32.6 Å². The normalized spacial score (nSPS) is 37.0. The van der Waals surface area contributed by atoms with Crippen LogP contribution in [0.3, 0.4) is 0 Å². The molecule has 4 atom stereocenters. The van der Waals surface area contributed by atoms with Gasteiger partial charge < -0.3 is 15.2 Å². The third-order valence-corrected chi connectivity index (χ3v) is 3.69. The van der Waals surface area contributed by atoms with Crippen LogP contribution < -0.4 is 5.32 Å². The third-order valence-electron chi connectivity index (χ3n) is 3.69. The van der Waals surface area contributed by atoms with Crippen molar-refractivity contribution in [3.05, 3.63) is 0 Å². The second-order valence-electron chi connectivity index (χ2n) is 5.00. The Morgan fingerprint density at radius 2 is 2.00 bits per heavy atom. The van der Waals surface area contributed by atoms with E-state index in [9.17, 15) is 9.59 Å². The Bertz CT molecular complexity index is 318. The molecule has 2 fully saturated rings. The summed E-state index contributed by atoms with van der Waals surface area (Å²) in [7, 11) is 0. The van der Waals surface area contributed by atoms with Gasteiger partial charge in [0.15, 0.2) is 0 Å². The minimum absolute atomic E-state index is 0.129. The molecule has 2 N–H and O–H groups in total. The van der Waals surface area contributed by atoms with Crippen molar-refractivity contribution >= 4 is 11.9 Å². The maximum atomic E-state index is 11.9. The fourth-order valence-corrected chi connectivity index (χ4v) is 2.70. The van der Waals surface area contributed by atoms with Crippen molar-refractivity contribution in [1.29, 1.82) is 0 Å². The highest BCUT2D eigenvalue weighted by molar-refractivity contribution is 5.82. The lowest BCUT2D eigenvalue weighted by atomic mass is 10.0. The number of nitrogens with one attached hydrogen (secondary N) is 1. The van der Waals surface area contributed by atoms with Crippen LogP contribution in [0.4, 0.5) is 0 Å². The van der Waals surface area contributed by atoms with E-state index in [-0.39, 0.29) is 24.2 Å². The second-order valence-corrected chi connectivity index (χ2v) is 5.00. The molecule has 0 unspecified atom stereocenters. The molecule has 0 radical (unpaired) electrons. The zero-order valence-electron chi connectivity index (χ0n) is 10.0. The monoisotopic (exact) mass is 241 g/mol. The van der Waals surface area contributed by atoms with E-state index >= 15 is 0 Å². The van der Waals surface area contributed by atoms with Crippen LogP contribution in [0.1, 0.15) is 39.0 Å². The predicted molar refractivity (Wildman–Crippen MR) is 60.5 cm³/mol. The predicted octanol–water partition coefficient (Wildman–Crippen LogP) is 0.923. The molecule has 0 bridgehead atoms. The van der Waals surface area contributed by atoms with Crippen LogP contribution in [-0.2, 0) is 14.3 Å². The molecule has 96 valence electrons. The van der Waals surface area contributed by atoms with Crippen LogP contribution in [0.2, 0.25) is 0 Å². The Balaban J connectivity index is 1.88. The highest BCUT2D eigenvalue weighted by Gasteiger charge is 2.36. The first-order valence-corrected chi connectivity index (χ1v) is 6.26. The summed E-state index contributed by atoms with van der Waals surface area (Å²) >= 11 is 0. The summed E-state index contributed by atoms with van der Waals surface area (Å²) in [4.78, 5) is 22.9. The number of carbonyl (C=O) groups excluding carboxylic acids is 1. The smallest absolute Gasteiger partial charge is 0.308 e. The Morgan fingerprint density at radius 1 is 1.24 bits per heavy atom. The second kappa shape index (κ2) is 5.04. The summed E-state index contributed by atoms with van der Waals surface area (Å²) < 4.78 is 5.47. The van der Waals surface area contributed by atoms with Crippen molar-refractivity contribution in [1.82, 2.24) is 5.32 Å². The van der Waals surface area contributed by atoms with Gasteiger partial charge in [-0.3, -0.25) is 9.59 Å². The molecular formula is C12H19NO4. The van der Waals surface area contributed by atoms with Crippen molar-refractivity contribution in [3.63, 3.8) is 0 Å². The topological polar surface area (TPSA) is 75.6 Å². The average Bonchev–Trinajstić information content (AvgIpc) is 2.86. The van der Waals surface area contributed by atoms with Gasteiger partial charge in [-0.1, -0.05) is 6.42 Å². The molecule has 5 heteroatoms. The molecule has 1 saturated carbocycles. The van der Waals surface area contributed by atoms with E-state index in [1.165, 1.54) is 0 Å². The first-order valence-electron chi connectivity index (χ1n) is 6.26. The minimum Gasteiger partial charge on any atom is -0.481 e. The molecule has 1 saturated heterocycles. The van der Waals surface area contributed by atoms with Gasteiger partial charge in [-0.15, -0.1) is 0 Å². The van der Waals surface area contributed by atoms with Crippen LogP contribution in [-0.4, -0.2) is 35.2 Å². The van der Waals surface area contributed by atoms with Crippen LogP contribution in [0.5, 0.6) is 0 Å². The molecule has 2 aliphatic rings. The number of carboxylic acid groups (broad SMARTS) is 1. The number of amides is 1.